The predicted octanol–water partition coefficient (Wildman–Crippen LogP) is 3.20. The summed E-state index contributed by atoms with van der Waals surface area (Å²) in [6.07, 6.45) is 3.16. The summed E-state index contributed by atoms with van der Waals surface area (Å²) in [5.74, 6) is 1.25. The molecule has 0 aliphatic carbocycles. The van der Waals surface area contributed by atoms with Crippen LogP contribution in [0.5, 0.6) is 11.5 Å². The zero-order valence-corrected chi connectivity index (χ0v) is 16.7. The molecule has 0 bridgehead atoms. The van der Waals surface area contributed by atoms with Crippen molar-refractivity contribution in [1.29, 1.82) is 0 Å². The molecule has 2 aromatic carbocycles. The Kier molecular flexibility index (Phi) is 5.59. The van der Waals surface area contributed by atoms with Crippen molar-refractivity contribution in [3.8, 4) is 11.5 Å². The molecule has 0 saturated carbocycles. The number of benzene rings is 2. The Morgan fingerprint density at radius 2 is 1.93 bits per heavy atom. The number of ether oxygens (including phenoxy) is 1. The lowest BCUT2D eigenvalue weighted by molar-refractivity contribution is 0.374. The lowest BCUT2D eigenvalue weighted by Crippen LogP contribution is -2.15. The molecule has 3 aromatic rings. The first-order valence-corrected chi connectivity index (χ1v) is 10.4. The molecule has 10 heteroatoms. The van der Waals surface area contributed by atoms with Gasteiger partial charge in [-0.1, -0.05) is 17.7 Å². The third-order valence-electron chi connectivity index (χ3n) is 4.11. The fourth-order valence-electron chi connectivity index (χ4n) is 3.01. The quantitative estimate of drug-likeness (QED) is 0.604. The molecular formula is C18H18ClN3O5S. The summed E-state index contributed by atoms with van der Waals surface area (Å²) in [4.78, 5) is 10.8. The molecule has 0 atom stereocenters. The highest BCUT2D eigenvalue weighted by atomic mass is 35.5. The molecule has 148 valence electrons. The third kappa shape index (κ3) is 4.44. The van der Waals surface area contributed by atoms with Gasteiger partial charge in [0.1, 0.15) is 12.1 Å². The second kappa shape index (κ2) is 7.78. The Balaban J connectivity index is 0.000000403. The minimum absolute atomic E-state index is 0.0644. The summed E-state index contributed by atoms with van der Waals surface area (Å²) < 4.78 is 31.1. The fourth-order valence-corrected chi connectivity index (χ4v) is 3.18. The number of rotatable bonds is 2. The largest absolute Gasteiger partial charge is 0.504 e. The molecule has 0 saturated heterocycles. The molecule has 1 aliphatic rings. The molecule has 2 heterocycles. The van der Waals surface area contributed by atoms with Gasteiger partial charge in [0.25, 0.3) is 10.1 Å². The van der Waals surface area contributed by atoms with E-state index in [9.17, 15) is 13.5 Å². The molecule has 2 N–H and O–H groups in total. The molecule has 28 heavy (non-hydrogen) atoms. The van der Waals surface area contributed by atoms with Gasteiger partial charge in [-0.2, -0.15) is 8.42 Å². The van der Waals surface area contributed by atoms with E-state index in [0.29, 0.717) is 22.5 Å². The van der Waals surface area contributed by atoms with Crippen LogP contribution in [-0.4, -0.2) is 48.0 Å². The normalized spacial score (nSPS) is 13.1. The van der Waals surface area contributed by atoms with Crippen molar-refractivity contribution < 1.29 is 22.8 Å². The van der Waals surface area contributed by atoms with Crippen LogP contribution in [0.2, 0.25) is 5.02 Å². The van der Waals surface area contributed by atoms with Gasteiger partial charge in [-0.15, -0.1) is 0 Å². The number of phenolic OH excluding ortho intramolecular Hbond substituents is 1. The van der Waals surface area contributed by atoms with Crippen molar-refractivity contribution in [2.45, 2.75) is 6.42 Å². The van der Waals surface area contributed by atoms with Crippen molar-refractivity contribution in [3.05, 3.63) is 47.2 Å². The highest BCUT2D eigenvalue weighted by molar-refractivity contribution is 7.85. The topological polar surface area (TPSA) is 113 Å². The third-order valence-corrected chi connectivity index (χ3v) is 4.35. The Morgan fingerprint density at radius 1 is 1.21 bits per heavy atom. The Morgan fingerprint density at radius 3 is 2.61 bits per heavy atom. The van der Waals surface area contributed by atoms with Crippen molar-refractivity contribution in [2.75, 3.05) is 24.8 Å². The first-order valence-electron chi connectivity index (χ1n) is 8.17. The van der Waals surface area contributed by atoms with Crippen molar-refractivity contribution in [3.63, 3.8) is 0 Å². The van der Waals surface area contributed by atoms with Crippen LogP contribution < -0.4 is 9.64 Å². The highest BCUT2D eigenvalue weighted by Gasteiger charge is 2.24. The van der Waals surface area contributed by atoms with E-state index in [0.717, 1.165) is 29.9 Å². The lowest BCUT2D eigenvalue weighted by atomic mass is 10.1. The van der Waals surface area contributed by atoms with Gasteiger partial charge in [-0.25, -0.2) is 9.97 Å². The van der Waals surface area contributed by atoms with Crippen LogP contribution in [-0.2, 0) is 16.5 Å². The van der Waals surface area contributed by atoms with Crippen LogP contribution in [0.4, 0.5) is 11.5 Å². The standard InChI is InChI=1S/C17H14ClN3O2.CH4O3S/c1-23-16-7-12-13(8-15(16)22)19-9-20-17(12)21-5-4-10-2-3-11(18)6-14(10)21;1-5(2,3)4/h2-3,6-9,22H,4-5H2,1H3;1H3,(H,2,3,4). The Hall–Kier alpha value is -2.62. The molecule has 0 fully saturated rings. The molecule has 8 nitrogen and oxygen atoms in total. The van der Waals surface area contributed by atoms with E-state index in [1.807, 2.05) is 18.2 Å². The van der Waals surface area contributed by atoms with Gasteiger partial charge < -0.3 is 14.7 Å². The number of methoxy groups -OCH3 is 1. The van der Waals surface area contributed by atoms with Gasteiger partial charge in [0.15, 0.2) is 11.5 Å². The van der Waals surface area contributed by atoms with E-state index < -0.39 is 10.1 Å². The van der Waals surface area contributed by atoms with E-state index in [1.165, 1.54) is 19.0 Å². The average molecular weight is 424 g/mol. The zero-order valence-electron chi connectivity index (χ0n) is 15.1. The summed E-state index contributed by atoms with van der Waals surface area (Å²) in [5.41, 5.74) is 2.97. The summed E-state index contributed by atoms with van der Waals surface area (Å²) in [6, 6.07) is 9.27. The summed E-state index contributed by atoms with van der Waals surface area (Å²) in [5, 5.41) is 11.5. The first kappa shape index (κ1) is 20.1. The van der Waals surface area contributed by atoms with Gasteiger partial charge in [0, 0.05) is 28.7 Å². The maximum atomic E-state index is 9.94. The van der Waals surface area contributed by atoms with E-state index in [1.54, 1.807) is 12.1 Å². The summed E-state index contributed by atoms with van der Waals surface area (Å²) in [7, 11) is -2.14. The van der Waals surface area contributed by atoms with Crippen LogP contribution >= 0.6 is 11.6 Å². The molecular weight excluding hydrogens is 406 g/mol. The van der Waals surface area contributed by atoms with Crippen molar-refractivity contribution in [2.24, 2.45) is 0 Å². The molecule has 4 rings (SSSR count). The number of fused-ring (bicyclic) bond motifs is 2. The van der Waals surface area contributed by atoms with Gasteiger partial charge in [0.2, 0.25) is 0 Å². The van der Waals surface area contributed by atoms with Gasteiger partial charge in [-0.3, -0.25) is 4.55 Å². The first-order chi connectivity index (χ1) is 13.2. The van der Waals surface area contributed by atoms with Crippen molar-refractivity contribution in [1.82, 2.24) is 9.97 Å². The molecule has 0 spiro atoms. The van der Waals surface area contributed by atoms with Crippen LogP contribution in [0.15, 0.2) is 36.7 Å². The van der Waals surface area contributed by atoms with E-state index in [4.69, 9.17) is 20.9 Å². The molecule has 1 aromatic heterocycles. The molecule has 1 aliphatic heterocycles. The number of halogens is 1. The van der Waals surface area contributed by atoms with E-state index >= 15 is 0 Å². The number of nitrogens with zero attached hydrogens (tertiary/aromatic N) is 3. The fraction of sp³-hybridized carbons (Fsp3) is 0.222. The molecule has 0 radical (unpaired) electrons. The highest BCUT2D eigenvalue weighted by Crippen LogP contribution is 2.40. The van der Waals surface area contributed by atoms with Crippen LogP contribution in [0, 0.1) is 0 Å². The number of hydrogen-bond donors (Lipinski definition) is 2. The molecule has 0 amide bonds. The Bertz CT molecular complexity index is 1130. The van der Waals surface area contributed by atoms with Crippen LogP contribution in [0.1, 0.15) is 5.56 Å². The number of hydrogen-bond acceptors (Lipinski definition) is 7. The SMILES string of the molecule is COc1cc2c(N3CCc4ccc(Cl)cc43)ncnc2cc1O.CS(=O)(=O)O. The van der Waals surface area contributed by atoms with Gasteiger partial charge in [0.05, 0.1) is 18.9 Å². The summed E-state index contributed by atoms with van der Waals surface area (Å²) in [6.45, 7) is 0.824. The Labute approximate surface area is 167 Å². The summed E-state index contributed by atoms with van der Waals surface area (Å²) >= 11 is 6.15. The minimum Gasteiger partial charge on any atom is -0.504 e. The maximum absolute atomic E-state index is 9.94. The van der Waals surface area contributed by atoms with Gasteiger partial charge >= 0.3 is 0 Å². The number of anilines is 2. The minimum atomic E-state index is -3.67. The maximum Gasteiger partial charge on any atom is 0.261 e. The van der Waals surface area contributed by atoms with Gasteiger partial charge in [-0.05, 0) is 30.2 Å². The number of phenols is 1. The average Bonchev–Trinajstić information content (AvgIpc) is 3.02. The second-order valence-corrected chi connectivity index (χ2v) is 8.05. The monoisotopic (exact) mass is 423 g/mol. The smallest absolute Gasteiger partial charge is 0.261 e. The van der Waals surface area contributed by atoms with E-state index in [-0.39, 0.29) is 5.75 Å². The number of aromatic hydroxyl groups is 1. The lowest BCUT2D eigenvalue weighted by Gasteiger charge is -2.20. The van der Waals surface area contributed by atoms with Crippen molar-refractivity contribution >= 4 is 44.1 Å². The van der Waals surface area contributed by atoms with Crippen LogP contribution in [0.3, 0.4) is 0 Å². The van der Waals surface area contributed by atoms with Crippen LogP contribution in [0.25, 0.3) is 10.9 Å². The molecule has 0 unspecified atom stereocenters. The second-order valence-electron chi connectivity index (χ2n) is 6.15. The zero-order chi connectivity index (χ0) is 20.5. The van der Waals surface area contributed by atoms with E-state index in [2.05, 4.69) is 14.9 Å². The predicted molar refractivity (Wildman–Crippen MR) is 107 cm³/mol. The number of aromatic nitrogens is 2.